The molecule has 0 bridgehead atoms. The molecule has 166 valence electrons. The predicted octanol–water partition coefficient (Wildman–Crippen LogP) is 4.94. The summed E-state index contributed by atoms with van der Waals surface area (Å²) < 4.78 is 23.1. The Balaban J connectivity index is 1.58. The molecule has 0 radical (unpaired) electrons. The molecule has 3 atom stereocenters. The first-order valence-electron chi connectivity index (χ1n) is 10.6. The quantitative estimate of drug-likeness (QED) is 0.221. The van der Waals surface area contributed by atoms with Crippen molar-refractivity contribution in [2.24, 2.45) is 11.3 Å². The number of benzene rings is 2. The predicted molar refractivity (Wildman–Crippen MR) is 120 cm³/mol. The molecule has 5 nitrogen and oxygen atoms in total. The van der Waals surface area contributed by atoms with Gasteiger partial charge in [0.15, 0.2) is 0 Å². The zero-order valence-corrected chi connectivity index (χ0v) is 18.4. The zero-order chi connectivity index (χ0) is 22.1. The van der Waals surface area contributed by atoms with Crippen LogP contribution in [0, 0.1) is 11.3 Å². The molecule has 0 saturated heterocycles. The first-order valence-corrected chi connectivity index (χ1v) is 10.6. The highest BCUT2D eigenvalue weighted by molar-refractivity contribution is 5.61. The van der Waals surface area contributed by atoms with Crippen molar-refractivity contribution >= 4 is 6.29 Å². The van der Waals surface area contributed by atoms with E-state index in [1.807, 2.05) is 61.5 Å². The molecule has 0 spiro atoms. The molecule has 0 unspecified atom stereocenters. The van der Waals surface area contributed by atoms with Gasteiger partial charge in [0.1, 0.15) is 18.8 Å². The Kier molecular flexibility index (Phi) is 8.41. The summed E-state index contributed by atoms with van der Waals surface area (Å²) in [7, 11) is 1.64. The van der Waals surface area contributed by atoms with Crippen LogP contribution in [-0.2, 0) is 32.2 Å². The SMILES string of the molecule is C=C1CC[C@H](OCOCc2ccccc2)[C@@](C)(COCc2ccc(OC)cc2)[C@@H]1C=O. The highest BCUT2D eigenvalue weighted by atomic mass is 16.7. The van der Waals surface area contributed by atoms with Gasteiger partial charge in [0, 0.05) is 11.3 Å². The number of ether oxygens (including phenoxy) is 4. The first kappa shape index (κ1) is 23.2. The van der Waals surface area contributed by atoms with E-state index in [1.165, 1.54) is 0 Å². The second-order valence-corrected chi connectivity index (χ2v) is 8.26. The molecule has 0 aromatic heterocycles. The maximum atomic E-state index is 11.9. The molecule has 31 heavy (non-hydrogen) atoms. The van der Waals surface area contributed by atoms with Crippen molar-refractivity contribution in [1.29, 1.82) is 0 Å². The van der Waals surface area contributed by atoms with Crippen LogP contribution in [0.1, 0.15) is 30.9 Å². The normalized spacial score (nSPS) is 23.5. The van der Waals surface area contributed by atoms with Crippen LogP contribution in [0.2, 0.25) is 0 Å². The molecule has 0 N–H and O–H groups in total. The van der Waals surface area contributed by atoms with Gasteiger partial charge in [-0.2, -0.15) is 0 Å². The van der Waals surface area contributed by atoms with Crippen molar-refractivity contribution in [3.63, 3.8) is 0 Å². The lowest BCUT2D eigenvalue weighted by molar-refractivity contribution is -0.168. The maximum Gasteiger partial charge on any atom is 0.147 e. The van der Waals surface area contributed by atoms with Crippen LogP contribution >= 0.6 is 0 Å². The summed E-state index contributed by atoms with van der Waals surface area (Å²) in [5.41, 5.74) is 2.58. The van der Waals surface area contributed by atoms with Gasteiger partial charge in [0.2, 0.25) is 0 Å². The van der Waals surface area contributed by atoms with Gasteiger partial charge in [-0.3, -0.25) is 0 Å². The van der Waals surface area contributed by atoms with Gasteiger partial charge < -0.3 is 23.7 Å². The summed E-state index contributed by atoms with van der Waals surface area (Å²) in [6.45, 7) is 7.69. The Bertz CT molecular complexity index is 833. The third-order valence-corrected chi connectivity index (χ3v) is 6.05. The molecule has 1 saturated carbocycles. The summed E-state index contributed by atoms with van der Waals surface area (Å²) in [5.74, 6) is 0.500. The number of carbonyl (C=O) groups excluding carboxylic acids is 1. The van der Waals surface area contributed by atoms with Crippen LogP contribution in [0.3, 0.4) is 0 Å². The van der Waals surface area contributed by atoms with Crippen molar-refractivity contribution < 1.29 is 23.7 Å². The highest BCUT2D eigenvalue weighted by Gasteiger charge is 2.46. The fourth-order valence-electron chi connectivity index (χ4n) is 4.15. The van der Waals surface area contributed by atoms with Crippen molar-refractivity contribution in [1.82, 2.24) is 0 Å². The van der Waals surface area contributed by atoms with Crippen molar-refractivity contribution in [3.05, 3.63) is 77.9 Å². The Morgan fingerprint density at radius 2 is 1.71 bits per heavy atom. The lowest BCUT2D eigenvalue weighted by atomic mass is 9.64. The second-order valence-electron chi connectivity index (χ2n) is 8.26. The molecule has 5 heteroatoms. The van der Waals surface area contributed by atoms with E-state index in [0.717, 1.165) is 41.6 Å². The van der Waals surface area contributed by atoms with E-state index >= 15 is 0 Å². The second kappa shape index (κ2) is 11.2. The molecular formula is C26H32O5. The Hall–Kier alpha value is -2.47. The fraction of sp³-hybridized carbons (Fsp3) is 0.423. The van der Waals surface area contributed by atoms with Crippen LogP contribution in [0.25, 0.3) is 0 Å². The minimum atomic E-state index is -0.500. The van der Waals surface area contributed by atoms with Gasteiger partial charge in [-0.1, -0.05) is 61.5 Å². The summed E-state index contributed by atoms with van der Waals surface area (Å²) in [4.78, 5) is 11.9. The van der Waals surface area contributed by atoms with Gasteiger partial charge >= 0.3 is 0 Å². The minimum Gasteiger partial charge on any atom is -0.497 e. The number of aldehydes is 1. The third-order valence-electron chi connectivity index (χ3n) is 6.05. The maximum absolute atomic E-state index is 11.9. The molecule has 1 aliphatic rings. The van der Waals surface area contributed by atoms with E-state index in [0.29, 0.717) is 19.8 Å². The van der Waals surface area contributed by atoms with Gasteiger partial charge in [-0.15, -0.1) is 0 Å². The van der Waals surface area contributed by atoms with Crippen molar-refractivity contribution in [2.45, 2.75) is 39.1 Å². The number of hydrogen-bond acceptors (Lipinski definition) is 5. The third kappa shape index (κ3) is 6.03. The number of rotatable bonds is 11. The number of methoxy groups -OCH3 is 1. The van der Waals surface area contributed by atoms with Gasteiger partial charge in [0.25, 0.3) is 0 Å². The average Bonchev–Trinajstić information content (AvgIpc) is 2.79. The molecule has 0 aliphatic heterocycles. The van der Waals surface area contributed by atoms with Gasteiger partial charge in [-0.05, 0) is 36.1 Å². The Morgan fingerprint density at radius 1 is 1.03 bits per heavy atom. The van der Waals surface area contributed by atoms with Crippen LogP contribution in [0.5, 0.6) is 5.75 Å². The van der Waals surface area contributed by atoms with Gasteiger partial charge in [0.05, 0.1) is 33.0 Å². The topological polar surface area (TPSA) is 54.0 Å². The van der Waals surface area contributed by atoms with E-state index in [2.05, 4.69) is 6.58 Å². The average molecular weight is 425 g/mol. The number of allylic oxidation sites excluding steroid dienone is 1. The lowest BCUT2D eigenvalue weighted by Crippen LogP contribution is -2.49. The molecule has 1 fully saturated rings. The van der Waals surface area contributed by atoms with Crippen molar-refractivity contribution in [3.8, 4) is 5.75 Å². The molecule has 3 rings (SSSR count). The molecule has 2 aromatic carbocycles. The number of carbonyl (C=O) groups is 1. The monoisotopic (exact) mass is 424 g/mol. The number of hydrogen-bond donors (Lipinski definition) is 0. The van der Waals surface area contributed by atoms with Crippen LogP contribution in [0.4, 0.5) is 0 Å². The first-order chi connectivity index (χ1) is 15.1. The molecule has 2 aromatic rings. The Morgan fingerprint density at radius 3 is 2.39 bits per heavy atom. The zero-order valence-electron chi connectivity index (χ0n) is 18.4. The summed E-state index contributed by atoms with van der Waals surface area (Å²) in [5, 5.41) is 0. The molecule has 1 aliphatic carbocycles. The van der Waals surface area contributed by atoms with E-state index < -0.39 is 5.41 Å². The lowest BCUT2D eigenvalue weighted by Gasteiger charge is -2.45. The highest BCUT2D eigenvalue weighted by Crippen LogP contribution is 2.44. The van der Waals surface area contributed by atoms with Crippen molar-refractivity contribution in [2.75, 3.05) is 20.5 Å². The summed E-state index contributed by atoms with van der Waals surface area (Å²) >= 11 is 0. The smallest absolute Gasteiger partial charge is 0.147 e. The van der Waals surface area contributed by atoms with Crippen LogP contribution in [0.15, 0.2) is 66.7 Å². The molecule has 0 amide bonds. The molecule has 0 heterocycles. The van der Waals surface area contributed by atoms with Gasteiger partial charge in [-0.25, -0.2) is 0 Å². The van der Waals surface area contributed by atoms with Crippen LogP contribution in [-0.4, -0.2) is 32.9 Å². The van der Waals surface area contributed by atoms with Crippen LogP contribution < -0.4 is 4.74 Å². The van der Waals surface area contributed by atoms with E-state index in [-0.39, 0.29) is 18.8 Å². The summed E-state index contributed by atoms with van der Waals surface area (Å²) in [6.07, 6.45) is 2.39. The minimum absolute atomic E-state index is 0.153. The standard InChI is InChI=1S/C26H32O5/c1-20-9-14-25(31-19-30-17-21-7-5-4-6-8-21)26(2,24(20)15-27)18-29-16-22-10-12-23(28-3)13-11-22/h4-8,10-13,15,24-25H,1,9,14,16-19H2,2-3H3/t24-,25+,26+/m1/s1. The summed E-state index contributed by atoms with van der Waals surface area (Å²) in [6, 6.07) is 17.8. The fourth-order valence-corrected chi connectivity index (χ4v) is 4.15. The van der Waals surface area contributed by atoms with E-state index in [1.54, 1.807) is 7.11 Å². The largest absolute Gasteiger partial charge is 0.497 e. The van der Waals surface area contributed by atoms with E-state index in [4.69, 9.17) is 18.9 Å². The Labute approximate surface area is 185 Å². The van der Waals surface area contributed by atoms with E-state index in [9.17, 15) is 4.79 Å². The molecular weight excluding hydrogens is 392 g/mol.